The minimum Gasteiger partial charge on any atom is -0.460 e. The number of hydrogen-bond acceptors (Lipinski definition) is 6. The number of halogens is 3. The van der Waals surface area contributed by atoms with E-state index in [-0.39, 0.29) is 10.8 Å². The van der Waals surface area contributed by atoms with Gasteiger partial charge in [0.25, 0.3) is 0 Å². The standard InChI is InChI=1S/C22H29F3O6S/c1-20-9-7-14(31-19(27)12-30-32(28,29)22(23,24)25)11-13(20)3-4-15-16-5-6-18(26)21(16,2)10-8-17(15)20/h3,14-17H,4-12H2,1-2H3/t14-,15-,16-,17-,20-,21-/m0/s1. The predicted molar refractivity (Wildman–Crippen MR) is 108 cm³/mol. The zero-order chi connectivity index (χ0) is 23.5. The first-order valence-electron chi connectivity index (χ1n) is 11.2. The summed E-state index contributed by atoms with van der Waals surface area (Å²) in [5.74, 6) is 0.606. The van der Waals surface area contributed by atoms with E-state index in [1.165, 1.54) is 5.57 Å². The molecule has 0 bridgehead atoms. The van der Waals surface area contributed by atoms with E-state index >= 15 is 0 Å². The van der Waals surface area contributed by atoms with Crippen LogP contribution in [0.4, 0.5) is 13.2 Å². The van der Waals surface area contributed by atoms with E-state index in [0.29, 0.717) is 42.8 Å². The Balaban J connectivity index is 1.40. The van der Waals surface area contributed by atoms with Gasteiger partial charge in [-0.05, 0) is 61.7 Å². The summed E-state index contributed by atoms with van der Waals surface area (Å²) in [4.78, 5) is 24.4. The molecular weight excluding hydrogens is 449 g/mol. The number of rotatable bonds is 4. The van der Waals surface area contributed by atoms with Crippen LogP contribution >= 0.6 is 0 Å². The smallest absolute Gasteiger partial charge is 0.460 e. The molecule has 0 radical (unpaired) electrons. The van der Waals surface area contributed by atoms with E-state index in [4.69, 9.17) is 4.74 Å². The van der Waals surface area contributed by atoms with Gasteiger partial charge in [-0.25, -0.2) is 4.79 Å². The molecule has 0 heterocycles. The fourth-order valence-corrected chi connectivity index (χ4v) is 7.30. The van der Waals surface area contributed by atoms with E-state index in [1.54, 1.807) is 0 Å². The van der Waals surface area contributed by atoms with Crippen LogP contribution in [0, 0.1) is 28.6 Å². The quantitative estimate of drug-likeness (QED) is 0.259. The number of carbonyl (C=O) groups is 2. The molecule has 0 spiro atoms. The van der Waals surface area contributed by atoms with Crippen molar-refractivity contribution in [1.82, 2.24) is 0 Å². The number of allylic oxidation sites excluding steroid dienone is 1. The maximum Gasteiger partial charge on any atom is 0.523 e. The lowest BCUT2D eigenvalue weighted by Crippen LogP contribution is -2.50. The summed E-state index contributed by atoms with van der Waals surface area (Å²) in [5.41, 5.74) is -4.63. The van der Waals surface area contributed by atoms with Crippen LogP contribution in [-0.4, -0.2) is 38.4 Å². The van der Waals surface area contributed by atoms with Crippen LogP contribution in [0.1, 0.15) is 65.2 Å². The molecule has 0 saturated heterocycles. The predicted octanol–water partition coefficient (Wildman–Crippen LogP) is 4.30. The molecule has 4 aliphatic carbocycles. The summed E-state index contributed by atoms with van der Waals surface area (Å²) in [6, 6.07) is 0. The molecule has 0 aromatic carbocycles. The first kappa shape index (κ1) is 23.7. The fourth-order valence-electron chi connectivity index (χ4n) is 6.91. The van der Waals surface area contributed by atoms with Crippen molar-refractivity contribution in [3.05, 3.63) is 11.6 Å². The lowest BCUT2D eigenvalue weighted by Gasteiger charge is -2.56. The molecule has 6 atom stereocenters. The van der Waals surface area contributed by atoms with Crippen molar-refractivity contribution < 1.29 is 40.1 Å². The van der Waals surface area contributed by atoms with Crippen molar-refractivity contribution in [2.75, 3.05) is 6.61 Å². The van der Waals surface area contributed by atoms with Crippen LogP contribution in [0.15, 0.2) is 11.6 Å². The molecule has 4 rings (SSSR count). The minimum absolute atomic E-state index is 0.0467. The average molecular weight is 479 g/mol. The summed E-state index contributed by atoms with van der Waals surface area (Å²) < 4.78 is 68.0. The average Bonchev–Trinajstić information content (AvgIpc) is 3.01. The first-order chi connectivity index (χ1) is 14.8. The van der Waals surface area contributed by atoms with E-state index in [9.17, 15) is 31.2 Å². The Hall–Kier alpha value is -1.42. The van der Waals surface area contributed by atoms with Gasteiger partial charge in [-0.1, -0.05) is 25.5 Å². The van der Waals surface area contributed by atoms with Gasteiger partial charge in [0.1, 0.15) is 11.9 Å². The summed E-state index contributed by atoms with van der Waals surface area (Å²) >= 11 is 0. The second-order valence-electron chi connectivity index (χ2n) is 10.2. The minimum atomic E-state index is -5.83. The van der Waals surface area contributed by atoms with Gasteiger partial charge >= 0.3 is 21.6 Å². The molecule has 180 valence electrons. The zero-order valence-electron chi connectivity index (χ0n) is 18.2. The summed E-state index contributed by atoms with van der Waals surface area (Å²) in [6.45, 7) is 3.07. The largest absolute Gasteiger partial charge is 0.523 e. The van der Waals surface area contributed by atoms with Gasteiger partial charge in [-0.15, -0.1) is 0 Å². The number of esters is 1. The lowest BCUT2D eigenvalue weighted by atomic mass is 9.48. The van der Waals surface area contributed by atoms with Crippen LogP contribution in [0.5, 0.6) is 0 Å². The highest BCUT2D eigenvalue weighted by Gasteiger charge is 2.58. The number of fused-ring (bicyclic) bond motifs is 5. The van der Waals surface area contributed by atoms with Crippen molar-refractivity contribution >= 4 is 21.9 Å². The Bertz CT molecular complexity index is 942. The van der Waals surface area contributed by atoms with Crippen molar-refractivity contribution in [2.45, 2.75) is 76.8 Å². The van der Waals surface area contributed by atoms with E-state index in [0.717, 1.165) is 32.1 Å². The van der Waals surface area contributed by atoms with Gasteiger partial charge in [0.2, 0.25) is 0 Å². The SMILES string of the molecule is C[C@]12CC[C@H](OC(=O)COS(=O)(=O)C(F)(F)F)CC1=CC[C@@H]1[C@@H]2CC[C@]2(C)C(=O)CC[C@@H]12. The molecule has 6 nitrogen and oxygen atoms in total. The third-order valence-electron chi connectivity index (χ3n) is 8.68. The number of Topliss-reactive ketones (excluding diaryl/α,β-unsaturated/α-hetero) is 1. The van der Waals surface area contributed by atoms with Gasteiger partial charge in [0.05, 0.1) is 0 Å². The van der Waals surface area contributed by atoms with Gasteiger partial charge in [-0.2, -0.15) is 21.6 Å². The molecule has 32 heavy (non-hydrogen) atoms. The Kier molecular flexibility index (Phi) is 5.80. The van der Waals surface area contributed by atoms with Gasteiger partial charge in [-0.3, -0.25) is 8.98 Å². The van der Waals surface area contributed by atoms with Crippen molar-refractivity contribution in [3.8, 4) is 0 Å². The van der Waals surface area contributed by atoms with Crippen molar-refractivity contribution in [2.24, 2.45) is 28.6 Å². The van der Waals surface area contributed by atoms with Crippen LogP contribution < -0.4 is 0 Å². The molecule has 0 N–H and O–H groups in total. The topological polar surface area (TPSA) is 86.7 Å². The zero-order valence-corrected chi connectivity index (χ0v) is 19.1. The highest BCUT2D eigenvalue weighted by atomic mass is 32.2. The Labute approximate surface area is 186 Å². The van der Waals surface area contributed by atoms with E-state index < -0.39 is 34.3 Å². The van der Waals surface area contributed by atoms with E-state index in [1.807, 2.05) is 0 Å². The highest BCUT2D eigenvalue weighted by molar-refractivity contribution is 7.87. The highest BCUT2D eigenvalue weighted by Crippen LogP contribution is 2.64. The van der Waals surface area contributed by atoms with Crippen LogP contribution in [0.3, 0.4) is 0 Å². The van der Waals surface area contributed by atoms with Crippen LogP contribution in [-0.2, 0) is 28.6 Å². The third-order valence-corrected chi connectivity index (χ3v) is 9.68. The number of ether oxygens (including phenoxy) is 1. The first-order valence-corrected chi connectivity index (χ1v) is 12.6. The summed E-state index contributed by atoms with van der Waals surface area (Å²) in [5, 5.41) is 0. The number of alkyl halides is 3. The summed E-state index contributed by atoms with van der Waals surface area (Å²) in [7, 11) is -5.83. The van der Waals surface area contributed by atoms with Crippen LogP contribution in [0.2, 0.25) is 0 Å². The molecule has 0 aromatic rings. The number of ketones is 1. The number of carbonyl (C=O) groups excluding carboxylic acids is 2. The lowest BCUT2D eigenvalue weighted by molar-refractivity contribution is -0.154. The molecule has 4 aliphatic rings. The third kappa shape index (κ3) is 3.81. The van der Waals surface area contributed by atoms with Crippen LogP contribution in [0.25, 0.3) is 0 Å². The molecule has 0 amide bonds. The molecule has 3 fully saturated rings. The molecule has 3 saturated carbocycles. The maximum atomic E-state index is 12.5. The molecule has 0 aliphatic heterocycles. The van der Waals surface area contributed by atoms with Gasteiger partial charge in [0.15, 0.2) is 6.61 Å². The second kappa shape index (κ2) is 7.82. The normalized spacial score (nSPS) is 39.5. The fraction of sp³-hybridized carbons (Fsp3) is 0.818. The van der Waals surface area contributed by atoms with Gasteiger partial charge < -0.3 is 4.74 Å². The molecule has 0 unspecified atom stereocenters. The number of hydrogen-bond donors (Lipinski definition) is 0. The van der Waals surface area contributed by atoms with Crippen molar-refractivity contribution in [3.63, 3.8) is 0 Å². The Morgan fingerprint density at radius 3 is 2.47 bits per heavy atom. The monoisotopic (exact) mass is 478 g/mol. The molecule has 0 aromatic heterocycles. The second-order valence-corrected chi connectivity index (χ2v) is 11.8. The van der Waals surface area contributed by atoms with E-state index in [2.05, 4.69) is 24.1 Å². The van der Waals surface area contributed by atoms with Crippen molar-refractivity contribution in [1.29, 1.82) is 0 Å². The van der Waals surface area contributed by atoms with Gasteiger partial charge in [0, 0.05) is 18.3 Å². The maximum absolute atomic E-state index is 12.5. The molecular formula is C22H29F3O6S. The Morgan fingerprint density at radius 1 is 1.12 bits per heavy atom. The molecule has 10 heteroatoms. The summed E-state index contributed by atoms with van der Waals surface area (Å²) in [6.07, 6.45) is 7.91. The Morgan fingerprint density at radius 2 is 1.78 bits per heavy atom.